The fraction of sp³-hybridized carbons (Fsp3) is 0.360. The van der Waals surface area contributed by atoms with Crippen LogP contribution in [0.4, 0.5) is 4.39 Å². The third-order valence-corrected chi connectivity index (χ3v) is 7.22. The number of nitrogens with zero attached hydrogens (tertiary/aromatic N) is 2. The van der Waals surface area contributed by atoms with E-state index < -0.39 is 0 Å². The molecule has 5 rings (SSSR count). The molecular formula is C25H25ClFN3. The molecule has 4 aromatic rings. The van der Waals surface area contributed by atoms with Crippen molar-refractivity contribution in [1.29, 1.82) is 0 Å². The number of hydrogen-bond acceptors (Lipinski definition) is 2. The summed E-state index contributed by atoms with van der Waals surface area (Å²) < 4.78 is 13.9. The number of H-pyrrole nitrogens is 1. The third-order valence-electron chi connectivity index (χ3n) is 6.98. The third kappa shape index (κ3) is 3.37. The van der Waals surface area contributed by atoms with Gasteiger partial charge in [-0.25, -0.2) is 9.37 Å². The van der Waals surface area contributed by atoms with E-state index in [0.29, 0.717) is 16.9 Å². The molecule has 1 aliphatic rings. The molecule has 2 aromatic carbocycles. The van der Waals surface area contributed by atoms with Gasteiger partial charge in [-0.2, -0.15) is 0 Å². The molecule has 1 aliphatic carbocycles. The molecular weight excluding hydrogens is 397 g/mol. The molecule has 0 atom stereocenters. The van der Waals surface area contributed by atoms with Crippen LogP contribution >= 0.6 is 11.6 Å². The highest BCUT2D eigenvalue weighted by molar-refractivity contribution is 6.31. The lowest BCUT2D eigenvalue weighted by Crippen LogP contribution is -2.33. The first-order valence-electron chi connectivity index (χ1n) is 10.6. The normalized spacial score (nSPS) is 20.1. The minimum atomic E-state index is -0.198. The summed E-state index contributed by atoms with van der Waals surface area (Å²) in [4.78, 5) is 12.8. The number of aromatic nitrogens is 3. The Morgan fingerprint density at radius 1 is 1.00 bits per heavy atom. The number of aromatic amines is 1. The van der Waals surface area contributed by atoms with E-state index in [2.05, 4.69) is 29.9 Å². The number of fused-ring (bicyclic) bond motifs is 2. The lowest BCUT2D eigenvalue weighted by Gasteiger charge is -2.38. The summed E-state index contributed by atoms with van der Waals surface area (Å²) in [5.74, 6) is 1.81. The number of nitrogens with one attached hydrogen (secondary N) is 1. The van der Waals surface area contributed by atoms with Gasteiger partial charge in [-0.3, -0.25) is 4.98 Å². The zero-order valence-corrected chi connectivity index (χ0v) is 18.0. The Labute approximate surface area is 180 Å². The van der Waals surface area contributed by atoms with Crippen LogP contribution in [0, 0.1) is 11.7 Å². The summed E-state index contributed by atoms with van der Waals surface area (Å²) in [5, 5.41) is 1.66. The van der Waals surface area contributed by atoms with Gasteiger partial charge in [0, 0.05) is 22.0 Å². The van der Waals surface area contributed by atoms with Crippen LogP contribution in [0.5, 0.6) is 0 Å². The molecule has 0 amide bonds. The lowest BCUT2D eigenvalue weighted by atomic mass is 9.67. The Morgan fingerprint density at radius 2 is 1.80 bits per heavy atom. The van der Waals surface area contributed by atoms with Gasteiger partial charge < -0.3 is 4.98 Å². The minimum Gasteiger partial charge on any atom is -0.342 e. The number of halogens is 2. The molecule has 3 nitrogen and oxygen atoms in total. The molecule has 2 aromatic heterocycles. The van der Waals surface area contributed by atoms with Crippen LogP contribution in [-0.4, -0.2) is 15.0 Å². The van der Waals surface area contributed by atoms with Crippen LogP contribution in [0.1, 0.15) is 56.8 Å². The first kappa shape index (κ1) is 19.5. The zero-order valence-electron chi connectivity index (χ0n) is 17.3. The highest BCUT2D eigenvalue weighted by Crippen LogP contribution is 2.45. The Hall–Kier alpha value is -2.46. The smallest absolute Gasteiger partial charge is 0.123 e. The maximum absolute atomic E-state index is 13.9. The Bertz CT molecular complexity index is 1220. The van der Waals surface area contributed by atoms with Crippen molar-refractivity contribution in [2.45, 2.75) is 50.9 Å². The minimum absolute atomic E-state index is 0.0527. The van der Waals surface area contributed by atoms with E-state index in [4.69, 9.17) is 16.6 Å². The molecule has 1 fully saturated rings. The van der Waals surface area contributed by atoms with E-state index in [1.54, 1.807) is 12.1 Å². The fourth-order valence-electron chi connectivity index (χ4n) is 5.10. The predicted octanol–water partition coefficient (Wildman–Crippen LogP) is 7.16. The second-order valence-corrected chi connectivity index (χ2v) is 9.52. The Balaban J connectivity index is 1.38. The molecule has 0 aliphatic heterocycles. The van der Waals surface area contributed by atoms with Gasteiger partial charge in [-0.1, -0.05) is 25.4 Å². The van der Waals surface area contributed by atoms with Crippen molar-refractivity contribution in [2.75, 3.05) is 0 Å². The average molecular weight is 422 g/mol. The SMILES string of the molecule is CC(C)(c1nc2cc(Cl)ccc2[nH]1)C1CCC(c2ccnc3ccc(F)cc23)CC1. The fourth-order valence-corrected chi connectivity index (χ4v) is 5.27. The van der Waals surface area contributed by atoms with Crippen molar-refractivity contribution >= 4 is 33.5 Å². The molecule has 0 bridgehead atoms. The molecule has 0 unspecified atom stereocenters. The molecule has 0 spiro atoms. The van der Waals surface area contributed by atoms with E-state index in [0.717, 1.165) is 53.4 Å². The van der Waals surface area contributed by atoms with E-state index in [-0.39, 0.29) is 11.2 Å². The van der Waals surface area contributed by atoms with Crippen LogP contribution in [0.15, 0.2) is 48.7 Å². The Morgan fingerprint density at radius 3 is 2.60 bits per heavy atom. The highest BCUT2D eigenvalue weighted by Gasteiger charge is 2.37. The van der Waals surface area contributed by atoms with Crippen molar-refractivity contribution in [3.05, 3.63) is 70.9 Å². The van der Waals surface area contributed by atoms with Crippen molar-refractivity contribution < 1.29 is 4.39 Å². The van der Waals surface area contributed by atoms with E-state index in [1.807, 2.05) is 24.4 Å². The predicted molar refractivity (Wildman–Crippen MR) is 121 cm³/mol. The van der Waals surface area contributed by atoms with Gasteiger partial charge in [0.2, 0.25) is 0 Å². The molecule has 5 heteroatoms. The molecule has 0 saturated heterocycles. The van der Waals surface area contributed by atoms with Gasteiger partial charge in [0.1, 0.15) is 11.6 Å². The van der Waals surface area contributed by atoms with Gasteiger partial charge in [-0.15, -0.1) is 0 Å². The number of imidazole rings is 1. The van der Waals surface area contributed by atoms with Crippen LogP contribution < -0.4 is 0 Å². The van der Waals surface area contributed by atoms with E-state index >= 15 is 0 Å². The van der Waals surface area contributed by atoms with Crippen LogP contribution in [0.3, 0.4) is 0 Å². The summed E-state index contributed by atoms with van der Waals surface area (Å²) in [6, 6.07) is 12.8. The number of pyridine rings is 1. The summed E-state index contributed by atoms with van der Waals surface area (Å²) >= 11 is 6.13. The summed E-state index contributed by atoms with van der Waals surface area (Å²) in [5.41, 5.74) is 4.00. The second kappa shape index (κ2) is 7.35. The molecule has 0 radical (unpaired) electrons. The monoisotopic (exact) mass is 421 g/mol. The topological polar surface area (TPSA) is 41.6 Å². The Kier molecular flexibility index (Phi) is 4.78. The lowest BCUT2D eigenvalue weighted by molar-refractivity contribution is 0.214. The number of benzene rings is 2. The zero-order chi connectivity index (χ0) is 20.9. The van der Waals surface area contributed by atoms with E-state index in [9.17, 15) is 4.39 Å². The molecule has 1 N–H and O–H groups in total. The van der Waals surface area contributed by atoms with Gasteiger partial charge in [0.25, 0.3) is 0 Å². The van der Waals surface area contributed by atoms with Crippen molar-refractivity contribution in [3.63, 3.8) is 0 Å². The summed E-state index contributed by atoms with van der Waals surface area (Å²) in [7, 11) is 0. The van der Waals surface area contributed by atoms with Crippen LogP contribution in [0.25, 0.3) is 21.9 Å². The standard InChI is InChI=1S/C25H25ClFN3/c1-25(2,24-29-22-9-7-17(26)13-23(22)30-24)16-5-3-15(4-6-16)19-11-12-28-21-10-8-18(27)14-20(19)21/h7-16H,3-6H2,1-2H3,(H,29,30). The first-order chi connectivity index (χ1) is 14.4. The number of hydrogen-bond donors (Lipinski definition) is 1. The maximum Gasteiger partial charge on any atom is 0.123 e. The first-order valence-corrected chi connectivity index (χ1v) is 11.0. The van der Waals surface area contributed by atoms with E-state index in [1.165, 1.54) is 11.6 Å². The molecule has 30 heavy (non-hydrogen) atoms. The van der Waals surface area contributed by atoms with Gasteiger partial charge >= 0.3 is 0 Å². The quantitative estimate of drug-likeness (QED) is 0.381. The van der Waals surface area contributed by atoms with Crippen LogP contribution in [0.2, 0.25) is 5.02 Å². The molecule has 154 valence electrons. The molecule has 2 heterocycles. The summed E-state index contributed by atoms with van der Waals surface area (Å²) in [6.45, 7) is 4.57. The van der Waals surface area contributed by atoms with Gasteiger partial charge in [0.05, 0.1) is 16.6 Å². The van der Waals surface area contributed by atoms with Crippen molar-refractivity contribution in [3.8, 4) is 0 Å². The highest BCUT2D eigenvalue weighted by atomic mass is 35.5. The van der Waals surface area contributed by atoms with Crippen molar-refractivity contribution in [1.82, 2.24) is 15.0 Å². The largest absolute Gasteiger partial charge is 0.342 e. The van der Waals surface area contributed by atoms with Gasteiger partial charge in [0.15, 0.2) is 0 Å². The maximum atomic E-state index is 13.9. The summed E-state index contributed by atoms with van der Waals surface area (Å²) in [6.07, 6.45) is 6.28. The average Bonchev–Trinajstić information content (AvgIpc) is 3.17. The number of rotatable bonds is 3. The second-order valence-electron chi connectivity index (χ2n) is 9.08. The molecule has 1 saturated carbocycles. The van der Waals surface area contributed by atoms with Crippen LogP contribution in [-0.2, 0) is 5.41 Å². The van der Waals surface area contributed by atoms with Crippen molar-refractivity contribution in [2.24, 2.45) is 5.92 Å². The van der Waals surface area contributed by atoms with Gasteiger partial charge in [-0.05, 0) is 85.5 Å².